The predicted molar refractivity (Wildman–Crippen MR) is 79.2 cm³/mol. The molecule has 2 aromatic rings. The summed E-state index contributed by atoms with van der Waals surface area (Å²) in [5.74, 6) is 0. The standard InChI is InChI=1S/C14H21N3OS/c1-14(2,18)10-16(3)8-11-9-17(4)15-13(11)12-6-5-7-19-12/h5-7,9,18H,8,10H2,1-4H3. The lowest BCUT2D eigenvalue weighted by atomic mass is 10.1. The lowest BCUT2D eigenvalue weighted by Crippen LogP contribution is -2.35. The molecule has 0 fully saturated rings. The Morgan fingerprint density at radius 2 is 2.21 bits per heavy atom. The number of aryl methyl sites for hydroxylation is 1. The number of aliphatic hydroxyl groups is 1. The fourth-order valence-electron chi connectivity index (χ4n) is 2.28. The maximum Gasteiger partial charge on any atom is 0.107 e. The number of hydrogen-bond acceptors (Lipinski definition) is 4. The summed E-state index contributed by atoms with van der Waals surface area (Å²) in [4.78, 5) is 3.31. The molecule has 5 heteroatoms. The van der Waals surface area contributed by atoms with E-state index in [-0.39, 0.29) is 0 Å². The second-order valence-corrected chi connectivity index (χ2v) is 6.59. The van der Waals surface area contributed by atoms with Gasteiger partial charge < -0.3 is 5.11 Å². The predicted octanol–water partition coefficient (Wildman–Crippen LogP) is 2.35. The molecular formula is C14H21N3OS. The third kappa shape index (κ3) is 3.89. The van der Waals surface area contributed by atoms with Gasteiger partial charge in [0.1, 0.15) is 5.69 Å². The number of hydrogen-bond donors (Lipinski definition) is 1. The van der Waals surface area contributed by atoms with Gasteiger partial charge in [0.2, 0.25) is 0 Å². The third-order valence-corrected chi connectivity index (χ3v) is 3.63. The zero-order valence-electron chi connectivity index (χ0n) is 11.9. The Hall–Kier alpha value is -1.17. The molecule has 1 N–H and O–H groups in total. The minimum atomic E-state index is -0.681. The maximum atomic E-state index is 9.86. The van der Waals surface area contributed by atoms with Gasteiger partial charge in [-0.15, -0.1) is 11.3 Å². The Kier molecular flexibility index (Phi) is 4.08. The summed E-state index contributed by atoms with van der Waals surface area (Å²) in [6.07, 6.45) is 2.05. The van der Waals surface area contributed by atoms with E-state index in [2.05, 4.69) is 27.6 Å². The van der Waals surface area contributed by atoms with Crippen LogP contribution in [0.15, 0.2) is 23.7 Å². The van der Waals surface area contributed by atoms with E-state index in [4.69, 9.17) is 0 Å². The van der Waals surface area contributed by atoms with Gasteiger partial charge in [0.05, 0.1) is 10.5 Å². The molecule has 0 bridgehead atoms. The fourth-order valence-corrected chi connectivity index (χ4v) is 3.03. The van der Waals surface area contributed by atoms with Crippen LogP contribution in [-0.2, 0) is 13.6 Å². The van der Waals surface area contributed by atoms with Gasteiger partial charge in [-0.1, -0.05) is 6.07 Å². The highest BCUT2D eigenvalue weighted by molar-refractivity contribution is 7.13. The van der Waals surface area contributed by atoms with Crippen molar-refractivity contribution < 1.29 is 5.11 Å². The first-order chi connectivity index (χ1) is 8.85. The average molecular weight is 279 g/mol. The molecule has 0 spiro atoms. The van der Waals surface area contributed by atoms with Crippen LogP contribution in [0.3, 0.4) is 0 Å². The Balaban J connectivity index is 2.17. The molecule has 2 aromatic heterocycles. The zero-order valence-corrected chi connectivity index (χ0v) is 12.7. The molecule has 0 aliphatic heterocycles. The van der Waals surface area contributed by atoms with Crippen LogP contribution in [-0.4, -0.2) is 39.0 Å². The van der Waals surface area contributed by atoms with Crippen LogP contribution in [0, 0.1) is 0 Å². The summed E-state index contributed by atoms with van der Waals surface area (Å²) in [5.41, 5.74) is 1.55. The van der Waals surface area contributed by atoms with Crippen LogP contribution >= 0.6 is 11.3 Å². The summed E-state index contributed by atoms with van der Waals surface area (Å²) in [7, 11) is 3.96. The molecule has 0 aromatic carbocycles. The van der Waals surface area contributed by atoms with Crippen LogP contribution in [0.4, 0.5) is 0 Å². The molecule has 0 radical (unpaired) electrons. The van der Waals surface area contributed by atoms with Crippen molar-refractivity contribution in [2.24, 2.45) is 7.05 Å². The van der Waals surface area contributed by atoms with E-state index in [0.29, 0.717) is 6.54 Å². The topological polar surface area (TPSA) is 41.3 Å². The number of nitrogens with zero attached hydrogens (tertiary/aromatic N) is 3. The average Bonchev–Trinajstić information content (AvgIpc) is 2.83. The largest absolute Gasteiger partial charge is 0.389 e. The van der Waals surface area contributed by atoms with Crippen LogP contribution < -0.4 is 0 Å². The number of thiophene rings is 1. The van der Waals surface area contributed by atoms with Gasteiger partial charge in [-0.05, 0) is 32.3 Å². The van der Waals surface area contributed by atoms with Crippen LogP contribution in [0.2, 0.25) is 0 Å². The lowest BCUT2D eigenvalue weighted by molar-refractivity contribution is 0.0425. The van der Waals surface area contributed by atoms with E-state index in [1.165, 1.54) is 10.4 Å². The molecule has 0 saturated carbocycles. The summed E-state index contributed by atoms with van der Waals surface area (Å²) >= 11 is 1.70. The van der Waals surface area contributed by atoms with E-state index >= 15 is 0 Å². The van der Waals surface area contributed by atoms with E-state index in [1.54, 1.807) is 11.3 Å². The van der Waals surface area contributed by atoms with Crippen molar-refractivity contribution in [1.29, 1.82) is 0 Å². The molecular weight excluding hydrogens is 258 g/mol. The molecule has 0 saturated heterocycles. The summed E-state index contributed by atoms with van der Waals surface area (Å²) < 4.78 is 1.85. The molecule has 2 heterocycles. The van der Waals surface area contributed by atoms with Gasteiger partial charge in [-0.2, -0.15) is 5.10 Å². The second-order valence-electron chi connectivity index (χ2n) is 5.64. The molecule has 0 aliphatic carbocycles. The minimum absolute atomic E-state index is 0.631. The first-order valence-corrected chi connectivity index (χ1v) is 7.20. The molecule has 104 valence electrons. The van der Waals surface area contributed by atoms with E-state index in [0.717, 1.165) is 12.2 Å². The van der Waals surface area contributed by atoms with E-state index in [1.807, 2.05) is 38.7 Å². The van der Waals surface area contributed by atoms with Crippen molar-refractivity contribution in [2.75, 3.05) is 13.6 Å². The first kappa shape index (κ1) is 14.2. The SMILES string of the molecule is CN(Cc1cn(C)nc1-c1cccs1)CC(C)(C)O. The van der Waals surface area contributed by atoms with Gasteiger partial charge in [-0.25, -0.2) is 0 Å². The van der Waals surface area contributed by atoms with Gasteiger partial charge in [-0.3, -0.25) is 9.58 Å². The van der Waals surface area contributed by atoms with Crippen molar-refractivity contribution in [3.8, 4) is 10.6 Å². The van der Waals surface area contributed by atoms with E-state index in [9.17, 15) is 5.11 Å². The quantitative estimate of drug-likeness (QED) is 0.913. The Labute approximate surface area is 118 Å². The number of rotatable bonds is 5. The van der Waals surface area contributed by atoms with Crippen LogP contribution in [0.1, 0.15) is 19.4 Å². The van der Waals surface area contributed by atoms with Crippen molar-refractivity contribution in [3.63, 3.8) is 0 Å². The number of aromatic nitrogens is 2. The third-order valence-electron chi connectivity index (χ3n) is 2.76. The van der Waals surface area contributed by atoms with Crippen molar-refractivity contribution in [3.05, 3.63) is 29.3 Å². The molecule has 0 aliphatic rings. The lowest BCUT2D eigenvalue weighted by Gasteiger charge is -2.25. The Morgan fingerprint density at radius 1 is 1.47 bits per heavy atom. The molecule has 4 nitrogen and oxygen atoms in total. The molecule has 19 heavy (non-hydrogen) atoms. The summed E-state index contributed by atoms with van der Waals surface area (Å²) in [5, 5.41) is 16.5. The van der Waals surface area contributed by atoms with Crippen LogP contribution in [0.5, 0.6) is 0 Å². The summed E-state index contributed by atoms with van der Waals surface area (Å²) in [6, 6.07) is 4.13. The van der Waals surface area contributed by atoms with Crippen LogP contribution in [0.25, 0.3) is 10.6 Å². The van der Waals surface area contributed by atoms with Gasteiger partial charge in [0, 0.05) is 31.9 Å². The molecule has 0 amide bonds. The van der Waals surface area contributed by atoms with E-state index < -0.39 is 5.60 Å². The maximum absolute atomic E-state index is 9.86. The van der Waals surface area contributed by atoms with Gasteiger partial charge in [0.25, 0.3) is 0 Å². The smallest absolute Gasteiger partial charge is 0.107 e. The first-order valence-electron chi connectivity index (χ1n) is 6.32. The Bertz CT molecular complexity index is 525. The van der Waals surface area contributed by atoms with Gasteiger partial charge in [0.15, 0.2) is 0 Å². The number of likely N-dealkylation sites (N-methyl/N-ethyl adjacent to an activating group) is 1. The highest BCUT2D eigenvalue weighted by atomic mass is 32.1. The second kappa shape index (κ2) is 5.45. The summed E-state index contributed by atoms with van der Waals surface area (Å²) in [6.45, 7) is 5.07. The van der Waals surface area contributed by atoms with Crippen molar-refractivity contribution in [1.82, 2.24) is 14.7 Å². The molecule has 0 atom stereocenters. The highest BCUT2D eigenvalue weighted by Crippen LogP contribution is 2.27. The van der Waals surface area contributed by atoms with Crippen molar-refractivity contribution >= 4 is 11.3 Å². The van der Waals surface area contributed by atoms with Gasteiger partial charge >= 0.3 is 0 Å². The molecule has 2 rings (SSSR count). The van der Waals surface area contributed by atoms with Crippen molar-refractivity contribution in [2.45, 2.75) is 26.0 Å². The zero-order chi connectivity index (χ0) is 14.0. The minimum Gasteiger partial charge on any atom is -0.389 e. The monoisotopic (exact) mass is 279 g/mol. The fraction of sp³-hybridized carbons (Fsp3) is 0.500. The Morgan fingerprint density at radius 3 is 2.79 bits per heavy atom. The highest BCUT2D eigenvalue weighted by Gasteiger charge is 2.18. The molecule has 0 unspecified atom stereocenters. The normalized spacial score (nSPS) is 12.3.